The first kappa shape index (κ1) is 15.4. The van der Waals surface area contributed by atoms with Crippen LogP contribution >= 0.6 is 0 Å². The van der Waals surface area contributed by atoms with Crippen LogP contribution in [0.2, 0.25) is 0 Å². The lowest BCUT2D eigenvalue weighted by atomic mass is 9.87. The molecule has 0 atom stereocenters. The van der Waals surface area contributed by atoms with E-state index in [0.29, 0.717) is 32.3 Å². The maximum Gasteiger partial charge on any atom is 0.306 e. The normalized spacial score (nSPS) is 24.9. The molecule has 1 saturated carbocycles. The zero-order valence-corrected chi connectivity index (χ0v) is 11.4. The summed E-state index contributed by atoms with van der Waals surface area (Å²) in [6.07, 6.45) is 2.25. The molecule has 18 heavy (non-hydrogen) atoms. The number of aliphatic carboxylic acids is 1. The Labute approximate surface area is 108 Å². The summed E-state index contributed by atoms with van der Waals surface area (Å²) < 4.78 is 31.0. The lowest BCUT2D eigenvalue weighted by Gasteiger charge is -2.26. The van der Waals surface area contributed by atoms with Gasteiger partial charge in [0.2, 0.25) is 10.0 Å². The van der Waals surface area contributed by atoms with Crippen molar-refractivity contribution in [1.29, 1.82) is 0 Å². The fourth-order valence-electron chi connectivity index (χ4n) is 2.08. The Kier molecular flexibility index (Phi) is 6.04. The fraction of sp³-hybridized carbons (Fsp3) is 0.909. The van der Waals surface area contributed by atoms with Crippen molar-refractivity contribution >= 4 is 16.0 Å². The number of rotatable bonds is 7. The summed E-state index contributed by atoms with van der Waals surface area (Å²) in [5, 5.41) is 8.85. The Morgan fingerprint density at radius 3 is 2.44 bits per heavy atom. The number of carboxylic acid groups (broad SMARTS) is 1. The molecule has 1 rings (SSSR count). The SMILES string of the molecule is CCOCCS(=O)(=O)NC1CCC(C(=O)O)CC1. The number of nitrogens with one attached hydrogen (secondary N) is 1. The van der Waals surface area contributed by atoms with Crippen LogP contribution in [-0.4, -0.2) is 44.5 Å². The lowest BCUT2D eigenvalue weighted by molar-refractivity contribution is -0.142. The molecule has 1 aliphatic carbocycles. The van der Waals surface area contributed by atoms with Crippen LogP contribution in [-0.2, 0) is 19.6 Å². The molecule has 0 unspecified atom stereocenters. The van der Waals surface area contributed by atoms with Gasteiger partial charge in [-0.1, -0.05) is 0 Å². The fourth-order valence-corrected chi connectivity index (χ4v) is 3.28. The van der Waals surface area contributed by atoms with Crippen molar-refractivity contribution in [1.82, 2.24) is 4.72 Å². The third kappa shape index (κ3) is 5.32. The molecule has 0 radical (unpaired) electrons. The summed E-state index contributed by atoms with van der Waals surface area (Å²) in [6, 6.07) is -0.132. The van der Waals surface area contributed by atoms with E-state index in [9.17, 15) is 13.2 Å². The molecule has 7 heteroatoms. The second-order valence-corrected chi connectivity index (χ2v) is 6.39. The highest BCUT2D eigenvalue weighted by Crippen LogP contribution is 2.24. The second kappa shape index (κ2) is 7.06. The van der Waals surface area contributed by atoms with Crippen LogP contribution < -0.4 is 4.72 Å². The van der Waals surface area contributed by atoms with Gasteiger partial charge in [-0.3, -0.25) is 4.79 Å². The highest BCUT2D eigenvalue weighted by Gasteiger charge is 2.28. The second-order valence-electron chi connectivity index (χ2n) is 4.52. The van der Waals surface area contributed by atoms with Crippen LogP contribution in [0.25, 0.3) is 0 Å². The summed E-state index contributed by atoms with van der Waals surface area (Å²) in [5.41, 5.74) is 0. The molecule has 0 aromatic carbocycles. The zero-order valence-electron chi connectivity index (χ0n) is 10.6. The maximum atomic E-state index is 11.7. The van der Waals surface area contributed by atoms with Crippen molar-refractivity contribution in [2.24, 2.45) is 5.92 Å². The van der Waals surface area contributed by atoms with Crippen molar-refractivity contribution < 1.29 is 23.1 Å². The molecule has 1 aliphatic rings. The minimum Gasteiger partial charge on any atom is -0.481 e. The van der Waals surface area contributed by atoms with Crippen LogP contribution in [0.15, 0.2) is 0 Å². The Morgan fingerprint density at radius 2 is 1.94 bits per heavy atom. The van der Waals surface area contributed by atoms with Gasteiger partial charge in [-0.05, 0) is 32.6 Å². The number of hydrogen-bond acceptors (Lipinski definition) is 4. The molecular formula is C11H21NO5S. The number of sulfonamides is 1. The van der Waals surface area contributed by atoms with Crippen molar-refractivity contribution in [3.05, 3.63) is 0 Å². The Bertz CT molecular complexity index is 360. The largest absolute Gasteiger partial charge is 0.481 e. The summed E-state index contributed by atoms with van der Waals surface area (Å²) in [5.74, 6) is -1.15. The first-order valence-electron chi connectivity index (χ1n) is 6.25. The van der Waals surface area contributed by atoms with E-state index in [4.69, 9.17) is 9.84 Å². The first-order valence-corrected chi connectivity index (χ1v) is 7.90. The van der Waals surface area contributed by atoms with Gasteiger partial charge in [0, 0.05) is 12.6 Å². The van der Waals surface area contributed by atoms with E-state index in [1.165, 1.54) is 0 Å². The number of hydrogen-bond donors (Lipinski definition) is 2. The van der Waals surface area contributed by atoms with E-state index >= 15 is 0 Å². The van der Waals surface area contributed by atoms with Gasteiger partial charge in [-0.2, -0.15) is 0 Å². The highest BCUT2D eigenvalue weighted by molar-refractivity contribution is 7.89. The van der Waals surface area contributed by atoms with Crippen LogP contribution in [0.4, 0.5) is 0 Å². The van der Waals surface area contributed by atoms with Crippen LogP contribution in [0, 0.1) is 5.92 Å². The van der Waals surface area contributed by atoms with Gasteiger partial charge in [0.1, 0.15) is 0 Å². The third-order valence-corrected chi connectivity index (χ3v) is 4.52. The molecule has 0 aromatic heterocycles. The summed E-state index contributed by atoms with van der Waals surface area (Å²) in [6.45, 7) is 2.50. The minimum atomic E-state index is -3.31. The smallest absolute Gasteiger partial charge is 0.306 e. The topological polar surface area (TPSA) is 92.7 Å². The molecule has 106 valence electrons. The Morgan fingerprint density at radius 1 is 1.33 bits per heavy atom. The molecule has 0 aromatic rings. The third-order valence-electron chi connectivity index (χ3n) is 3.12. The van der Waals surface area contributed by atoms with E-state index < -0.39 is 16.0 Å². The van der Waals surface area contributed by atoms with Gasteiger partial charge < -0.3 is 9.84 Å². The molecule has 0 spiro atoms. The monoisotopic (exact) mass is 279 g/mol. The summed E-state index contributed by atoms with van der Waals surface area (Å²) in [4.78, 5) is 10.8. The van der Waals surface area contributed by atoms with Crippen LogP contribution in [0.1, 0.15) is 32.6 Å². The van der Waals surface area contributed by atoms with E-state index in [2.05, 4.69) is 4.72 Å². The standard InChI is InChI=1S/C11H21NO5S/c1-2-17-7-8-18(15,16)12-10-5-3-9(4-6-10)11(13)14/h9-10,12H,2-8H2,1H3,(H,13,14). The van der Waals surface area contributed by atoms with Gasteiger partial charge in [0.15, 0.2) is 0 Å². The highest BCUT2D eigenvalue weighted by atomic mass is 32.2. The van der Waals surface area contributed by atoms with Crippen LogP contribution in [0.3, 0.4) is 0 Å². The molecule has 1 fully saturated rings. The molecule has 0 heterocycles. The molecule has 6 nitrogen and oxygen atoms in total. The average Bonchev–Trinajstić information content (AvgIpc) is 2.29. The first-order chi connectivity index (χ1) is 8.44. The molecule has 0 aliphatic heterocycles. The predicted octanol–water partition coefficient (Wildman–Crippen LogP) is 0.586. The van der Waals surface area contributed by atoms with Gasteiger partial charge in [-0.25, -0.2) is 13.1 Å². The lowest BCUT2D eigenvalue weighted by Crippen LogP contribution is -2.40. The molecule has 0 saturated heterocycles. The van der Waals surface area contributed by atoms with Gasteiger partial charge >= 0.3 is 5.97 Å². The Hall–Kier alpha value is -0.660. The number of carboxylic acids is 1. The maximum absolute atomic E-state index is 11.7. The van der Waals surface area contributed by atoms with Gasteiger partial charge in [-0.15, -0.1) is 0 Å². The average molecular weight is 279 g/mol. The summed E-state index contributed by atoms with van der Waals surface area (Å²) >= 11 is 0. The number of carbonyl (C=O) groups is 1. The van der Waals surface area contributed by atoms with E-state index in [1.807, 2.05) is 6.92 Å². The minimum absolute atomic E-state index is 0.0420. The molecule has 0 amide bonds. The predicted molar refractivity (Wildman–Crippen MR) is 66.8 cm³/mol. The van der Waals surface area contributed by atoms with Crippen LogP contribution in [0.5, 0.6) is 0 Å². The van der Waals surface area contributed by atoms with Gasteiger partial charge in [0.25, 0.3) is 0 Å². The zero-order chi connectivity index (χ0) is 13.6. The van der Waals surface area contributed by atoms with Crippen molar-refractivity contribution in [2.75, 3.05) is 19.0 Å². The summed E-state index contributed by atoms with van der Waals surface area (Å²) in [7, 11) is -3.31. The quantitative estimate of drug-likeness (QED) is 0.665. The van der Waals surface area contributed by atoms with E-state index in [0.717, 1.165) is 0 Å². The number of ether oxygens (including phenoxy) is 1. The van der Waals surface area contributed by atoms with Gasteiger partial charge in [0.05, 0.1) is 18.3 Å². The van der Waals surface area contributed by atoms with Crippen molar-refractivity contribution in [3.63, 3.8) is 0 Å². The molecule has 0 bridgehead atoms. The van der Waals surface area contributed by atoms with Crippen molar-refractivity contribution in [2.45, 2.75) is 38.6 Å². The van der Waals surface area contributed by atoms with E-state index in [-0.39, 0.29) is 24.3 Å². The Balaban J connectivity index is 2.33. The molecular weight excluding hydrogens is 258 g/mol. The molecule has 2 N–H and O–H groups in total. The van der Waals surface area contributed by atoms with Crippen molar-refractivity contribution in [3.8, 4) is 0 Å². The van der Waals surface area contributed by atoms with E-state index in [1.54, 1.807) is 0 Å².